The summed E-state index contributed by atoms with van der Waals surface area (Å²) in [5, 5.41) is 2.23. The van der Waals surface area contributed by atoms with Crippen LogP contribution in [0.4, 0.5) is 0 Å². The Hall–Kier alpha value is -0.380. The standard InChI is InChI=1S/C15H26N2S/c1-4-5-11(2)14(10-16)17-8-6-15-13(12(17)3)7-9-18-15/h7,9,11-12,14H,4-6,8,10,16H2,1-3H3. The number of fused-ring (bicyclic) bond motifs is 1. The highest BCUT2D eigenvalue weighted by Gasteiger charge is 2.31. The number of thiophene rings is 1. The molecule has 102 valence electrons. The van der Waals surface area contributed by atoms with Crippen LogP contribution in [0.1, 0.15) is 50.1 Å². The third-order valence-electron chi connectivity index (χ3n) is 4.39. The zero-order chi connectivity index (χ0) is 13.1. The van der Waals surface area contributed by atoms with Gasteiger partial charge in [-0.15, -0.1) is 11.3 Å². The van der Waals surface area contributed by atoms with E-state index in [1.165, 1.54) is 31.4 Å². The van der Waals surface area contributed by atoms with Crippen LogP contribution in [0.2, 0.25) is 0 Å². The molecule has 0 saturated carbocycles. The lowest BCUT2D eigenvalue weighted by molar-refractivity contribution is 0.0978. The van der Waals surface area contributed by atoms with Gasteiger partial charge in [-0.1, -0.05) is 20.3 Å². The first kappa shape index (κ1) is 14.0. The summed E-state index contributed by atoms with van der Waals surface area (Å²) in [6.45, 7) is 8.92. The lowest BCUT2D eigenvalue weighted by Gasteiger charge is -2.42. The van der Waals surface area contributed by atoms with Gasteiger partial charge in [0, 0.05) is 30.1 Å². The van der Waals surface area contributed by atoms with Crippen LogP contribution in [0.3, 0.4) is 0 Å². The van der Waals surface area contributed by atoms with Crippen molar-refractivity contribution >= 4 is 11.3 Å². The Morgan fingerprint density at radius 2 is 2.33 bits per heavy atom. The van der Waals surface area contributed by atoms with Crippen LogP contribution in [-0.2, 0) is 6.42 Å². The molecule has 0 aliphatic carbocycles. The van der Waals surface area contributed by atoms with Crippen molar-refractivity contribution in [2.75, 3.05) is 13.1 Å². The highest BCUT2D eigenvalue weighted by atomic mass is 32.1. The highest BCUT2D eigenvalue weighted by molar-refractivity contribution is 7.10. The summed E-state index contributed by atoms with van der Waals surface area (Å²) in [7, 11) is 0. The average Bonchev–Trinajstić information content (AvgIpc) is 2.82. The van der Waals surface area contributed by atoms with Gasteiger partial charge in [0.05, 0.1) is 0 Å². The van der Waals surface area contributed by atoms with Crippen molar-refractivity contribution in [2.24, 2.45) is 11.7 Å². The van der Waals surface area contributed by atoms with Crippen molar-refractivity contribution in [3.63, 3.8) is 0 Å². The summed E-state index contributed by atoms with van der Waals surface area (Å²) < 4.78 is 0. The number of rotatable bonds is 5. The van der Waals surface area contributed by atoms with Gasteiger partial charge >= 0.3 is 0 Å². The molecule has 1 aromatic rings. The van der Waals surface area contributed by atoms with Gasteiger partial charge in [0.2, 0.25) is 0 Å². The second-order valence-electron chi connectivity index (χ2n) is 5.53. The second kappa shape index (κ2) is 6.18. The molecule has 3 atom stereocenters. The van der Waals surface area contributed by atoms with Gasteiger partial charge in [0.25, 0.3) is 0 Å². The van der Waals surface area contributed by atoms with Crippen LogP contribution >= 0.6 is 11.3 Å². The summed E-state index contributed by atoms with van der Waals surface area (Å²) in [5.74, 6) is 0.697. The smallest absolute Gasteiger partial charge is 0.0334 e. The Morgan fingerprint density at radius 1 is 1.56 bits per heavy atom. The Labute approximate surface area is 115 Å². The minimum absolute atomic E-state index is 0.535. The molecule has 0 fully saturated rings. The molecule has 2 N–H and O–H groups in total. The fraction of sp³-hybridized carbons (Fsp3) is 0.733. The number of hydrogen-bond donors (Lipinski definition) is 1. The van der Waals surface area contributed by atoms with Crippen molar-refractivity contribution in [1.82, 2.24) is 4.90 Å². The summed E-state index contributed by atoms with van der Waals surface area (Å²) in [4.78, 5) is 4.22. The topological polar surface area (TPSA) is 29.3 Å². The predicted octanol–water partition coefficient (Wildman–Crippen LogP) is 3.43. The largest absolute Gasteiger partial charge is 0.329 e. The first-order valence-electron chi connectivity index (χ1n) is 7.21. The van der Waals surface area contributed by atoms with Crippen LogP contribution in [-0.4, -0.2) is 24.0 Å². The summed E-state index contributed by atoms with van der Waals surface area (Å²) in [5.41, 5.74) is 7.59. The van der Waals surface area contributed by atoms with E-state index in [4.69, 9.17) is 5.73 Å². The van der Waals surface area contributed by atoms with Crippen LogP contribution < -0.4 is 5.73 Å². The predicted molar refractivity (Wildman–Crippen MR) is 80.1 cm³/mol. The zero-order valence-electron chi connectivity index (χ0n) is 11.9. The van der Waals surface area contributed by atoms with E-state index in [0.29, 0.717) is 18.0 Å². The van der Waals surface area contributed by atoms with E-state index in [-0.39, 0.29) is 0 Å². The molecule has 3 unspecified atom stereocenters. The van der Waals surface area contributed by atoms with Crippen LogP contribution in [0.25, 0.3) is 0 Å². The molecular formula is C15H26N2S. The Bertz CT molecular complexity index is 374. The van der Waals surface area contributed by atoms with Crippen molar-refractivity contribution in [3.8, 4) is 0 Å². The molecule has 2 heterocycles. The molecule has 18 heavy (non-hydrogen) atoms. The SMILES string of the molecule is CCCC(C)C(CN)N1CCc2sccc2C1C. The van der Waals surface area contributed by atoms with Crippen LogP contribution in [0.5, 0.6) is 0 Å². The quantitative estimate of drug-likeness (QED) is 0.884. The van der Waals surface area contributed by atoms with E-state index < -0.39 is 0 Å². The number of nitrogens with zero attached hydrogens (tertiary/aromatic N) is 1. The second-order valence-corrected chi connectivity index (χ2v) is 6.53. The molecular weight excluding hydrogens is 240 g/mol. The molecule has 1 aromatic heterocycles. The molecule has 2 nitrogen and oxygen atoms in total. The molecule has 0 radical (unpaired) electrons. The normalized spacial score (nSPS) is 23.7. The molecule has 0 amide bonds. The first-order chi connectivity index (χ1) is 8.69. The lowest BCUT2D eigenvalue weighted by Crippen LogP contribution is -2.48. The van der Waals surface area contributed by atoms with Crippen molar-refractivity contribution < 1.29 is 0 Å². The first-order valence-corrected chi connectivity index (χ1v) is 8.09. The molecule has 0 aromatic carbocycles. The van der Waals surface area contributed by atoms with Gasteiger partial charge in [-0.2, -0.15) is 0 Å². The highest BCUT2D eigenvalue weighted by Crippen LogP contribution is 2.35. The molecule has 0 spiro atoms. The summed E-state index contributed by atoms with van der Waals surface area (Å²) >= 11 is 1.91. The van der Waals surface area contributed by atoms with Crippen molar-refractivity contribution in [2.45, 2.75) is 52.1 Å². The molecule has 3 heteroatoms. The Kier molecular flexibility index (Phi) is 4.82. The molecule has 1 aliphatic rings. The van der Waals surface area contributed by atoms with E-state index >= 15 is 0 Å². The van der Waals surface area contributed by atoms with Gasteiger partial charge in [0.1, 0.15) is 0 Å². The molecule has 2 rings (SSSR count). The van der Waals surface area contributed by atoms with E-state index in [2.05, 4.69) is 37.1 Å². The van der Waals surface area contributed by atoms with E-state index in [1.54, 1.807) is 4.88 Å². The number of nitrogens with two attached hydrogens (primary N) is 1. The van der Waals surface area contributed by atoms with E-state index in [0.717, 1.165) is 6.54 Å². The van der Waals surface area contributed by atoms with E-state index in [9.17, 15) is 0 Å². The Balaban J connectivity index is 2.13. The third-order valence-corrected chi connectivity index (χ3v) is 5.39. The van der Waals surface area contributed by atoms with Crippen LogP contribution in [0, 0.1) is 5.92 Å². The number of hydrogen-bond acceptors (Lipinski definition) is 3. The van der Waals surface area contributed by atoms with Crippen molar-refractivity contribution in [1.29, 1.82) is 0 Å². The monoisotopic (exact) mass is 266 g/mol. The molecule has 0 saturated heterocycles. The Morgan fingerprint density at radius 3 is 3.00 bits per heavy atom. The van der Waals surface area contributed by atoms with Gasteiger partial charge in [-0.3, -0.25) is 4.90 Å². The molecule has 0 bridgehead atoms. The lowest BCUT2D eigenvalue weighted by atomic mass is 9.91. The molecule has 1 aliphatic heterocycles. The van der Waals surface area contributed by atoms with Gasteiger partial charge < -0.3 is 5.73 Å². The third kappa shape index (κ3) is 2.63. The average molecular weight is 266 g/mol. The summed E-state index contributed by atoms with van der Waals surface area (Å²) in [6, 6.07) is 3.37. The summed E-state index contributed by atoms with van der Waals surface area (Å²) in [6.07, 6.45) is 3.73. The fourth-order valence-corrected chi connectivity index (χ4v) is 4.29. The van der Waals surface area contributed by atoms with Gasteiger partial charge in [0.15, 0.2) is 0 Å². The zero-order valence-corrected chi connectivity index (χ0v) is 12.7. The van der Waals surface area contributed by atoms with Gasteiger partial charge in [-0.05, 0) is 42.7 Å². The van der Waals surface area contributed by atoms with Crippen molar-refractivity contribution in [3.05, 3.63) is 21.9 Å². The minimum Gasteiger partial charge on any atom is -0.329 e. The van der Waals surface area contributed by atoms with Gasteiger partial charge in [-0.25, -0.2) is 0 Å². The maximum atomic E-state index is 6.05. The maximum absolute atomic E-state index is 6.05. The fourth-order valence-electron chi connectivity index (χ4n) is 3.32. The van der Waals surface area contributed by atoms with E-state index in [1.807, 2.05) is 11.3 Å². The maximum Gasteiger partial charge on any atom is 0.0334 e. The van der Waals surface area contributed by atoms with Crippen LogP contribution in [0.15, 0.2) is 11.4 Å². The minimum atomic E-state index is 0.535.